The Bertz CT molecular complexity index is 1320. The van der Waals surface area contributed by atoms with E-state index in [1.165, 1.54) is 11.1 Å². The van der Waals surface area contributed by atoms with E-state index in [2.05, 4.69) is 49.0 Å². The SMILES string of the molecule is CC1=C(C)C(C)C(C)=C1C.Cc1ccc(S(=O)(=O)[N-][C@H](c2ccccc2)[C@H]([NH-])c2ccccc2)cc1.[Cl][Rh+2]. The molecule has 0 aliphatic heterocycles. The van der Waals surface area contributed by atoms with Crippen LogP contribution in [0.25, 0.3) is 10.5 Å². The maximum atomic E-state index is 12.8. The molecule has 0 saturated heterocycles. The number of rotatable bonds is 6. The molecule has 1 aliphatic carbocycles. The zero-order valence-electron chi connectivity index (χ0n) is 22.7. The van der Waals surface area contributed by atoms with Crippen LogP contribution in [0.2, 0.25) is 0 Å². The van der Waals surface area contributed by atoms with E-state index in [-0.39, 0.29) is 4.90 Å². The average Bonchev–Trinajstić information content (AvgIpc) is 3.11. The van der Waals surface area contributed by atoms with Crippen molar-refractivity contribution in [2.45, 2.75) is 58.5 Å². The van der Waals surface area contributed by atoms with Crippen molar-refractivity contribution in [2.75, 3.05) is 0 Å². The first-order chi connectivity index (χ1) is 18.0. The van der Waals surface area contributed by atoms with Gasteiger partial charge in [-0.15, -0.1) is 12.1 Å². The Hall–Kier alpha value is -2.08. The third-order valence-corrected chi connectivity index (χ3v) is 8.60. The van der Waals surface area contributed by atoms with E-state index < -0.39 is 22.1 Å². The first-order valence-electron chi connectivity index (χ1n) is 12.4. The molecule has 0 aromatic heterocycles. The van der Waals surface area contributed by atoms with Gasteiger partial charge in [0.1, 0.15) is 10.0 Å². The van der Waals surface area contributed by atoms with Gasteiger partial charge in [-0.3, -0.25) is 0 Å². The second-order valence-corrected chi connectivity index (χ2v) is 11.1. The van der Waals surface area contributed by atoms with Crippen LogP contribution in [0, 0.1) is 12.8 Å². The molecule has 7 heteroatoms. The van der Waals surface area contributed by atoms with Crippen LogP contribution in [-0.2, 0) is 27.3 Å². The first-order valence-corrected chi connectivity index (χ1v) is 15.9. The number of benzene rings is 3. The van der Waals surface area contributed by atoms with Gasteiger partial charge in [-0.25, -0.2) is 8.42 Å². The standard InChI is InChI=1S/C21H20N2O2S.C10H16.ClH.Rh/c1-16-12-14-19(15-13-16)26(24,25)23-21(18-10-6-3-7-11-18)20(22)17-8-4-2-5-9-17;1-6-7(2)9(4)10(5)8(6)3;;/h2-15,20-22H,1H3;6H,1-5H3;1H;/q-2;;;+3/p-1/t20-,21-;;;/m1.../s1. The Kier molecular flexibility index (Phi) is 12.6. The number of allylic oxidation sites excluding steroid dienone is 4. The average molecular weight is 639 g/mol. The summed E-state index contributed by atoms with van der Waals surface area (Å²) >= 11 is 2.02. The molecule has 0 saturated carbocycles. The van der Waals surface area contributed by atoms with Crippen molar-refractivity contribution in [1.82, 2.24) is 0 Å². The van der Waals surface area contributed by atoms with Crippen LogP contribution >= 0.6 is 9.69 Å². The molecule has 0 heterocycles. The molecule has 204 valence electrons. The summed E-state index contributed by atoms with van der Waals surface area (Å²) in [5.74, 6) is 0.694. The first kappa shape index (κ1) is 32.1. The van der Waals surface area contributed by atoms with Gasteiger partial charge in [0.2, 0.25) is 0 Å². The van der Waals surface area contributed by atoms with E-state index in [0.29, 0.717) is 11.5 Å². The molecule has 4 nitrogen and oxygen atoms in total. The summed E-state index contributed by atoms with van der Waals surface area (Å²) in [6, 6.07) is 23.3. The van der Waals surface area contributed by atoms with Crippen LogP contribution in [-0.4, -0.2) is 8.42 Å². The monoisotopic (exact) mass is 638 g/mol. The molecular weight excluding hydrogens is 603 g/mol. The summed E-state index contributed by atoms with van der Waals surface area (Å²) in [5, 5.41) is 0. The van der Waals surface area contributed by atoms with Crippen LogP contribution in [0.5, 0.6) is 0 Å². The quantitative estimate of drug-likeness (QED) is 0.252. The molecule has 4 rings (SSSR count). The van der Waals surface area contributed by atoms with Gasteiger partial charge in [0, 0.05) is 4.90 Å². The molecular formula is C31H36ClN2O2RhS. The summed E-state index contributed by atoms with van der Waals surface area (Å²) < 4.78 is 29.8. The van der Waals surface area contributed by atoms with Crippen molar-refractivity contribution < 1.29 is 25.7 Å². The van der Waals surface area contributed by atoms with Gasteiger partial charge in [0.05, 0.1) is 0 Å². The van der Waals surface area contributed by atoms with Gasteiger partial charge in [0.15, 0.2) is 0 Å². The van der Waals surface area contributed by atoms with E-state index in [9.17, 15) is 8.42 Å². The summed E-state index contributed by atoms with van der Waals surface area (Å²) in [4.78, 5) is 0.143. The van der Waals surface area contributed by atoms with Gasteiger partial charge in [-0.05, 0) is 63.8 Å². The molecule has 38 heavy (non-hydrogen) atoms. The summed E-state index contributed by atoms with van der Waals surface area (Å²) in [5.41, 5.74) is 17.1. The summed E-state index contributed by atoms with van der Waals surface area (Å²) in [6.07, 6.45) is 0. The van der Waals surface area contributed by atoms with E-state index in [4.69, 9.17) is 5.73 Å². The Balaban J connectivity index is 0.000000353. The van der Waals surface area contributed by atoms with Crippen LogP contribution < -0.4 is 0 Å². The molecule has 0 bridgehead atoms. The fourth-order valence-electron chi connectivity index (χ4n) is 4.29. The molecule has 0 fully saturated rings. The Labute approximate surface area is 243 Å². The number of aryl methyl sites for hydroxylation is 1. The van der Waals surface area contributed by atoms with Crippen molar-refractivity contribution in [1.29, 1.82) is 0 Å². The topological polar surface area (TPSA) is 72.0 Å². The van der Waals surface area contributed by atoms with Gasteiger partial charge in [0.25, 0.3) is 0 Å². The Morgan fingerprint density at radius 3 is 1.55 bits per heavy atom. The third-order valence-electron chi connectivity index (χ3n) is 7.23. The normalized spacial score (nSPS) is 15.3. The zero-order valence-corrected chi connectivity index (χ0v) is 25.9. The van der Waals surface area contributed by atoms with Gasteiger partial charge in [-0.2, -0.15) is 0 Å². The van der Waals surface area contributed by atoms with Crippen molar-refractivity contribution in [3.63, 3.8) is 0 Å². The van der Waals surface area contributed by atoms with E-state index in [0.717, 1.165) is 11.1 Å². The van der Waals surface area contributed by atoms with Crippen LogP contribution in [0.4, 0.5) is 0 Å². The van der Waals surface area contributed by atoms with Crippen molar-refractivity contribution >= 4 is 19.7 Å². The maximum absolute atomic E-state index is 12.8. The van der Waals surface area contributed by atoms with E-state index in [1.54, 1.807) is 35.4 Å². The van der Waals surface area contributed by atoms with Crippen molar-refractivity contribution in [3.05, 3.63) is 134 Å². The third kappa shape index (κ3) is 8.21. The van der Waals surface area contributed by atoms with Crippen LogP contribution in [0.15, 0.2) is 112 Å². The number of nitrogens with zero attached hydrogens (tertiary/aromatic N) is 1. The Morgan fingerprint density at radius 2 is 1.16 bits per heavy atom. The molecule has 3 aromatic carbocycles. The molecule has 3 aromatic rings. The number of hydrogen-bond donors (Lipinski definition) is 0. The Morgan fingerprint density at radius 1 is 0.737 bits per heavy atom. The number of sulfonamides is 1. The molecule has 0 unspecified atom stereocenters. The molecule has 1 N–H and O–H groups in total. The summed E-state index contributed by atoms with van der Waals surface area (Å²) in [6.45, 7) is 13.1. The van der Waals surface area contributed by atoms with Gasteiger partial charge in [-0.1, -0.05) is 108 Å². The number of hydrogen-bond acceptors (Lipinski definition) is 2. The predicted octanol–water partition coefficient (Wildman–Crippen LogP) is 9.59. The summed E-state index contributed by atoms with van der Waals surface area (Å²) in [7, 11) is 0.656. The van der Waals surface area contributed by atoms with Crippen LogP contribution in [0.3, 0.4) is 0 Å². The molecule has 1 aliphatic rings. The van der Waals surface area contributed by atoms with Crippen molar-refractivity contribution in [3.8, 4) is 0 Å². The van der Waals surface area contributed by atoms with Gasteiger partial charge >= 0.3 is 27.0 Å². The van der Waals surface area contributed by atoms with E-state index >= 15 is 0 Å². The number of nitrogens with one attached hydrogen (secondary N) is 1. The predicted molar refractivity (Wildman–Crippen MR) is 156 cm³/mol. The molecule has 0 spiro atoms. The molecule has 2 atom stereocenters. The van der Waals surface area contributed by atoms with Crippen LogP contribution in [0.1, 0.15) is 63.4 Å². The molecule has 0 amide bonds. The second-order valence-electron chi connectivity index (χ2n) is 9.48. The fraction of sp³-hybridized carbons (Fsp3) is 0.290. The zero-order chi connectivity index (χ0) is 28.5. The number of halogens is 1. The minimum absolute atomic E-state index is 0.143. The van der Waals surface area contributed by atoms with E-state index in [1.807, 2.05) is 84.9 Å². The minimum atomic E-state index is -3.87. The van der Waals surface area contributed by atoms with Gasteiger partial charge < -0.3 is 10.5 Å². The van der Waals surface area contributed by atoms with Crippen molar-refractivity contribution in [2.24, 2.45) is 5.92 Å². The fourth-order valence-corrected chi connectivity index (χ4v) is 5.44. The molecule has 0 radical (unpaired) electrons. The second kappa shape index (κ2) is 14.9.